The Kier molecular flexibility index (Phi) is 3.97. The van der Waals surface area contributed by atoms with Crippen LogP contribution in [0.2, 0.25) is 0 Å². The summed E-state index contributed by atoms with van der Waals surface area (Å²) in [6, 6.07) is 9.40. The van der Waals surface area contributed by atoms with Crippen molar-refractivity contribution in [3.8, 4) is 0 Å². The third-order valence-corrected chi connectivity index (χ3v) is 4.37. The molecule has 3 N–H and O–H groups in total. The zero-order valence-electron chi connectivity index (χ0n) is 12.8. The van der Waals surface area contributed by atoms with Gasteiger partial charge in [-0.3, -0.25) is 4.98 Å². The number of aromatic nitrogens is 1. The molecular weight excluding hydrogens is 260 g/mol. The van der Waals surface area contributed by atoms with Crippen molar-refractivity contribution >= 4 is 22.3 Å². The van der Waals surface area contributed by atoms with Crippen LogP contribution in [0.15, 0.2) is 30.5 Å². The van der Waals surface area contributed by atoms with E-state index in [1.54, 1.807) is 0 Å². The Labute approximate surface area is 126 Å². The Morgan fingerprint density at radius 3 is 2.62 bits per heavy atom. The second-order valence-corrected chi connectivity index (χ2v) is 6.21. The Balaban J connectivity index is 1.88. The monoisotopic (exact) mass is 284 g/mol. The molecule has 0 spiro atoms. The van der Waals surface area contributed by atoms with Gasteiger partial charge in [-0.15, -0.1) is 0 Å². The highest BCUT2D eigenvalue weighted by Gasteiger charge is 2.18. The molecular formula is C17H24N4. The molecule has 0 saturated heterocycles. The van der Waals surface area contributed by atoms with Gasteiger partial charge in [0.2, 0.25) is 0 Å². The Morgan fingerprint density at radius 2 is 1.90 bits per heavy atom. The molecule has 0 atom stereocenters. The Bertz CT molecular complexity index is 615. The molecule has 1 aliphatic carbocycles. The zero-order valence-corrected chi connectivity index (χ0v) is 12.8. The Hall–Kier alpha value is -1.81. The van der Waals surface area contributed by atoms with Gasteiger partial charge in [0.25, 0.3) is 0 Å². The first kappa shape index (κ1) is 14.1. The van der Waals surface area contributed by atoms with Crippen LogP contribution in [-0.4, -0.2) is 31.2 Å². The van der Waals surface area contributed by atoms with Crippen LogP contribution in [0, 0.1) is 0 Å². The summed E-state index contributed by atoms with van der Waals surface area (Å²) in [5, 5.41) is 4.89. The number of rotatable bonds is 3. The molecule has 1 heterocycles. The summed E-state index contributed by atoms with van der Waals surface area (Å²) in [6.07, 6.45) is 6.42. The van der Waals surface area contributed by atoms with Gasteiger partial charge >= 0.3 is 0 Å². The quantitative estimate of drug-likeness (QED) is 0.910. The van der Waals surface area contributed by atoms with E-state index in [-0.39, 0.29) is 0 Å². The van der Waals surface area contributed by atoms with Crippen LogP contribution in [0.5, 0.6) is 0 Å². The van der Waals surface area contributed by atoms with Crippen molar-refractivity contribution in [3.63, 3.8) is 0 Å². The highest BCUT2D eigenvalue weighted by atomic mass is 15.1. The first-order chi connectivity index (χ1) is 10.1. The maximum atomic E-state index is 5.99. The topological polar surface area (TPSA) is 54.2 Å². The zero-order chi connectivity index (χ0) is 14.8. The van der Waals surface area contributed by atoms with Crippen molar-refractivity contribution in [1.29, 1.82) is 0 Å². The highest BCUT2D eigenvalue weighted by Crippen LogP contribution is 2.28. The predicted octanol–water partition coefficient (Wildman–Crippen LogP) is 2.98. The van der Waals surface area contributed by atoms with Gasteiger partial charge < -0.3 is 16.0 Å². The van der Waals surface area contributed by atoms with Crippen LogP contribution in [0.4, 0.5) is 11.4 Å². The van der Waals surface area contributed by atoms with Crippen molar-refractivity contribution in [2.45, 2.75) is 37.8 Å². The van der Waals surface area contributed by atoms with E-state index < -0.39 is 0 Å². The lowest BCUT2D eigenvalue weighted by atomic mass is 9.91. The third kappa shape index (κ3) is 3.10. The van der Waals surface area contributed by atoms with Crippen molar-refractivity contribution < 1.29 is 0 Å². The minimum atomic E-state index is 0.387. The summed E-state index contributed by atoms with van der Waals surface area (Å²) in [5.41, 5.74) is 9.41. The minimum Gasteiger partial charge on any atom is -0.382 e. The summed E-state index contributed by atoms with van der Waals surface area (Å²) in [5.74, 6) is 0. The second kappa shape index (κ2) is 5.90. The summed E-state index contributed by atoms with van der Waals surface area (Å²) in [4.78, 5) is 6.59. The number of anilines is 2. The highest BCUT2D eigenvalue weighted by molar-refractivity contribution is 5.93. The molecule has 2 aromatic rings. The number of fused-ring (bicyclic) bond motifs is 1. The summed E-state index contributed by atoms with van der Waals surface area (Å²) < 4.78 is 0. The van der Waals surface area contributed by atoms with Gasteiger partial charge in [-0.2, -0.15) is 0 Å². The molecule has 1 fully saturated rings. The first-order valence-electron chi connectivity index (χ1n) is 7.71. The molecule has 112 valence electrons. The van der Waals surface area contributed by atoms with Crippen LogP contribution in [0.1, 0.15) is 25.7 Å². The molecule has 1 aliphatic rings. The lowest BCUT2D eigenvalue weighted by Crippen LogP contribution is -2.32. The van der Waals surface area contributed by atoms with Crippen molar-refractivity contribution in [1.82, 2.24) is 4.98 Å². The average Bonchev–Trinajstić information content (AvgIpc) is 2.49. The molecule has 0 amide bonds. The normalized spacial score (nSPS) is 22.2. The molecule has 3 rings (SSSR count). The van der Waals surface area contributed by atoms with Crippen LogP contribution >= 0.6 is 0 Å². The summed E-state index contributed by atoms with van der Waals surface area (Å²) >= 11 is 0. The van der Waals surface area contributed by atoms with E-state index >= 15 is 0 Å². The molecule has 0 unspecified atom stereocenters. The number of hydrogen-bond acceptors (Lipinski definition) is 4. The fourth-order valence-electron chi connectivity index (χ4n) is 3.02. The molecule has 21 heavy (non-hydrogen) atoms. The van der Waals surface area contributed by atoms with Crippen LogP contribution < -0.4 is 16.0 Å². The molecule has 4 nitrogen and oxygen atoms in total. The smallest absolute Gasteiger partial charge is 0.0724 e. The van der Waals surface area contributed by atoms with E-state index in [1.807, 2.05) is 6.20 Å². The molecule has 0 bridgehead atoms. The van der Waals surface area contributed by atoms with E-state index in [9.17, 15) is 0 Å². The maximum Gasteiger partial charge on any atom is 0.0724 e. The number of hydrogen-bond donors (Lipinski definition) is 2. The maximum absolute atomic E-state index is 5.99. The first-order valence-corrected chi connectivity index (χ1v) is 7.71. The number of nitrogens with two attached hydrogens (primary N) is 1. The van der Waals surface area contributed by atoms with E-state index in [2.05, 4.69) is 53.6 Å². The average molecular weight is 284 g/mol. The second-order valence-electron chi connectivity index (χ2n) is 6.21. The van der Waals surface area contributed by atoms with Gasteiger partial charge in [-0.05, 0) is 49.9 Å². The van der Waals surface area contributed by atoms with Gasteiger partial charge in [-0.25, -0.2) is 0 Å². The number of nitrogens with one attached hydrogen (secondary N) is 1. The SMILES string of the molecule is CN(C)c1ccc2nccc(NC3CCC(N)CC3)c2c1. The third-order valence-electron chi connectivity index (χ3n) is 4.37. The van der Waals surface area contributed by atoms with Gasteiger partial charge in [0.1, 0.15) is 0 Å². The van der Waals surface area contributed by atoms with Crippen LogP contribution in [-0.2, 0) is 0 Å². The minimum absolute atomic E-state index is 0.387. The largest absolute Gasteiger partial charge is 0.382 e. The van der Waals surface area contributed by atoms with Crippen molar-refractivity contribution in [2.75, 3.05) is 24.3 Å². The lowest BCUT2D eigenvalue weighted by molar-refractivity contribution is 0.411. The van der Waals surface area contributed by atoms with E-state index in [0.29, 0.717) is 12.1 Å². The molecule has 0 aliphatic heterocycles. The van der Waals surface area contributed by atoms with E-state index in [1.165, 1.54) is 16.8 Å². The van der Waals surface area contributed by atoms with Crippen molar-refractivity contribution in [2.24, 2.45) is 5.73 Å². The fourth-order valence-corrected chi connectivity index (χ4v) is 3.02. The lowest BCUT2D eigenvalue weighted by Gasteiger charge is -2.28. The van der Waals surface area contributed by atoms with Gasteiger partial charge in [0.15, 0.2) is 0 Å². The van der Waals surface area contributed by atoms with E-state index in [0.717, 1.165) is 31.2 Å². The summed E-state index contributed by atoms with van der Waals surface area (Å²) in [7, 11) is 4.13. The Morgan fingerprint density at radius 1 is 1.14 bits per heavy atom. The van der Waals surface area contributed by atoms with Gasteiger partial charge in [-0.1, -0.05) is 0 Å². The van der Waals surface area contributed by atoms with E-state index in [4.69, 9.17) is 5.73 Å². The molecule has 1 aromatic carbocycles. The molecule has 1 saturated carbocycles. The molecule has 0 radical (unpaired) electrons. The predicted molar refractivity (Wildman–Crippen MR) is 89.9 cm³/mol. The standard InChI is InChI=1S/C17H24N4/c1-21(2)14-7-8-16-15(11-14)17(9-10-19-16)20-13-5-3-12(18)4-6-13/h7-13H,3-6,18H2,1-2H3,(H,19,20). The number of nitrogens with zero attached hydrogens (tertiary/aromatic N) is 2. The summed E-state index contributed by atoms with van der Waals surface area (Å²) in [6.45, 7) is 0. The number of pyridine rings is 1. The van der Waals surface area contributed by atoms with Gasteiger partial charge in [0.05, 0.1) is 5.52 Å². The molecule has 1 aromatic heterocycles. The molecule has 4 heteroatoms. The van der Waals surface area contributed by atoms with Gasteiger partial charge in [0, 0.05) is 49.1 Å². The van der Waals surface area contributed by atoms with Crippen LogP contribution in [0.3, 0.4) is 0 Å². The number of benzene rings is 1. The fraction of sp³-hybridized carbons (Fsp3) is 0.471. The van der Waals surface area contributed by atoms with Crippen LogP contribution in [0.25, 0.3) is 10.9 Å². The van der Waals surface area contributed by atoms with Crippen molar-refractivity contribution in [3.05, 3.63) is 30.5 Å².